The summed E-state index contributed by atoms with van der Waals surface area (Å²) < 4.78 is 20.6. The molecule has 0 aliphatic carbocycles. The summed E-state index contributed by atoms with van der Waals surface area (Å²) in [6.07, 6.45) is 0. The average Bonchev–Trinajstić information content (AvgIpc) is 3.19. The Morgan fingerprint density at radius 1 is 1.22 bits per heavy atom. The lowest BCUT2D eigenvalue weighted by Crippen LogP contribution is -2.19. The fraction of sp³-hybridized carbons (Fsp3) is 0.389. The van der Waals surface area contributed by atoms with Crippen LogP contribution in [0.3, 0.4) is 0 Å². The molecule has 0 aliphatic rings. The van der Waals surface area contributed by atoms with E-state index in [4.69, 9.17) is 14.2 Å². The molecule has 0 spiro atoms. The van der Waals surface area contributed by atoms with Gasteiger partial charge in [0.25, 0.3) is 5.91 Å². The highest BCUT2D eigenvalue weighted by atomic mass is 32.1. The molecule has 0 saturated heterocycles. The summed E-state index contributed by atoms with van der Waals surface area (Å²) in [5.41, 5.74) is 2.02. The molecule has 2 heterocycles. The van der Waals surface area contributed by atoms with Gasteiger partial charge in [-0.25, -0.2) is 0 Å². The molecule has 3 aromatic rings. The number of hydrogen-bond donors (Lipinski definition) is 0. The lowest BCUT2D eigenvalue weighted by molar-refractivity contribution is 0.0992. The molecule has 0 radical (unpaired) electrons. The Kier molecular flexibility index (Phi) is 5.62. The minimum Gasteiger partial charge on any atom is -0.495 e. The van der Waals surface area contributed by atoms with Crippen LogP contribution in [0.5, 0.6) is 11.5 Å². The van der Waals surface area contributed by atoms with Crippen LogP contribution in [0.2, 0.25) is 0 Å². The quantitative estimate of drug-likeness (QED) is 0.644. The summed E-state index contributed by atoms with van der Waals surface area (Å²) in [5.74, 6) is 0.986. The Labute approximate surface area is 160 Å². The van der Waals surface area contributed by atoms with Crippen LogP contribution in [-0.2, 0) is 18.3 Å². The number of aryl methyl sites for hydroxylation is 2. The number of amides is 1. The van der Waals surface area contributed by atoms with Crippen LogP contribution >= 0.6 is 11.3 Å². The first-order valence-electron chi connectivity index (χ1n) is 8.33. The molecule has 0 atom stereocenters. The lowest BCUT2D eigenvalue weighted by Gasteiger charge is -2.09. The van der Waals surface area contributed by atoms with Gasteiger partial charge in [0.2, 0.25) is 0 Å². The second-order valence-corrected chi connectivity index (χ2v) is 6.87. The molecule has 0 fully saturated rings. The summed E-state index contributed by atoms with van der Waals surface area (Å²) >= 11 is 1.37. The van der Waals surface area contributed by atoms with Crippen molar-refractivity contribution in [1.82, 2.24) is 14.3 Å². The Morgan fingerprint density at radius 2 is 1.93 bits per heavy atom. The molecular weight excluding hydrogens is 368 g/mol. The maximum atomic E-state index is 12.6. The number of nitrogens with zero attached hydrogens (tertiary/aromatic N) is 4. The maximum Gasteiger partial charge on any atom is 0.300 e. The van der Waals surface area contributed by atoms with Gasteiger partial charge in [-0.05, 0) is 25.1 Å². The molecule has 9 heteroatoms. The summed E-state index contributed by atoms with van der Waals surface area (Å²) in [7, 11) is 6.64. The summed E-state index contributed by atoms with van der Waals surface area (Å²) in [6.45, 7) is 2.88. The molecule has 8 nitrogen and oxygen atoms in total. The van der Waals surface area contributed by atoms with Gasteiger partial charge < -0.3 is 18.8 Å². The molecule has 0 N–H and O–H groups in total. The summed E-state index contributed by atoms with van der Waals surface area (Å²) in [4.78, 5) is 17.5. The number of hydrogen-bond acceptors (Lipinski definition) is 6. The zero-order chi connectivity index (χ0) is 19.6. The Morgan fingerprint density at radius 3 is 2.52 bits per heavy atom. The van der Waals surface area contributed by atoms with Crippen molar-refractivity contribution >= 4 is 27.5 Å². The van der Waals surface area contributed by atoms with Gasteiger partial charge in [0, 0.05) is 26.4 Å². The highest BCUT2D eigenvalue weighted by molar-refractivity contribution is 7.16. The molecule has 0 saturated carbocycles. The van der Waals surface area contributed by atoms with Crippen molar-refractivity contribution in [2.45, 2.75) is 13.5 Å². The van der Waals surface area contributed by atoms with E-state index in [9.17, 15) is 4.79 Å². The monoisotopic (exact) mass is 390 g/mol. The van der Waals surface area contributed by atoms with Crippen LogP contribution in [0.15, 0.2) is 23.2 Å². The highest BCUT2D eigenvalue weighted by Gasteiger charge is 2.17. The topological polar surface area (TPSA) is 79.9 Å². The van der Waals surface area contributed by atoms with Gasteiger partial charge in [0.1, 0.15) is 21.7 Å². The zero-order valence-electron chi connectivity index (χ0n) is 16.0. The summed E-state index contributed by atoms with van der Waals surface area (Å²) in [5, 5.41) is 4.21. The predicted molar refractivity (Wildman–Crippen MR) is 103 cm³/mol. The third-order valence-corrected chi connectivity index (χ3v) is 5.33. The van der Waals surface area contributed by atoms with E-state index < -0.39 is 5.91 Å². The molecule has 27 heavy (non-hydrogen) atoms. The lowest BCUT2D eigenvalue weighted by atomic mass is 10.3. The first-order valence-corrected chi connectivity index (χ1v) is 9.14. The number of carbonyl (C=O) groups excluding carboxylic acids is 1. The Balaban J connectivity index is 2.22. The van der Waals surface area contributed by atoms with Crippen molar-refractivity contribution in [2.75, 3.05) is 27.9 Å². The van der Waals surface area contributed by atoms with Crippen molar-refractivity contribution in [3.63, 3.8) is 0 Å². The third-order valence-electron chi connectivity index (χ3n) is 4.24. The molecule has 1 amide bonds. The van der Waals surface area contributed by atoms with E-state index in [1.807, 2.05) is 23.6 Å². The van der Waals surface area contributed by atoms with Crippen molar-refractivity contribution in [1.29, 1.82) is 0 Å². The largest absolute Gasteiger partial charge is 0.495 e. The first-order chi connectivity index (χ1) is 13.0. The van der Waals surface area contributed by atoms with E-state index >= 15 is 0 Å². The Bertz CT molecular complexity index is 1030. The maximum absolute atomic E-state index is 12.6. The van der Waals surface area contributed by atoms with Crippen molar-refractivity contribution < 1.29 is 19.0 Å². The van der Waals surface area contributed by atoms with Crippen LogP contribution < -0.4 is 14.3 Å². The standard InChI is InChI=1S/C18H22N4O4S/c1-11-10-12(20-21(11)2)17(23)19-18-22(8-9-24-3)15-13(25-4)6-7-14(26-5)16(15)27-18/h6-7,10H,8-9H2,1-5H3. The minimum atomic E-state index is -0.394. The number of methoxy groups -OCH3 is 3. The van der Waals surface area contributed by atoms with E-state index in [0.29, 0.717) is 35.1 Å². The highest BCUT2D eigenvalue weighted by Crippen LogP contribution is 2.35. The van der Waals surface area contributed by atoms with Crippen LogP contribution in [0.4, 0.5) is 0 Å². The Hall–Kier alpha value is -2.65. The van der Waals surface area contributed by atoms with Gasteiger partial charge in [0.15, 0.2) is 10.5 Å². The third kappa shape index (κ3) is 3.60. The second-order valence-electron chi connectivity index (χ2n) is 5.89. The van der Waals surface area contributed by atoms with Gasteiger partial charge in [-0.1, -0.05) is 11.3 Å². The van der Waals surface area contributed by atoms with E-state index in [0.717, 1.165) is 15.9 Å². The van der Waals surface area contributed by atoms with E-state index in [-0.39, 0.29) is 0 Å². The number of thiazole rings is 1. The van der Waals surface area contributed by atoms with Crippen LogP contribution in [0, 0.1) is 6.92 Å². The average molecular weight is 390 g/mol. The zero-order valence-corrected chi connectivity index (χ0v) is 16.8. The van der Waals surface area contributed by atoms with Gasteiger partial charge in [-0.15, -0.1) is 0 Å². The number of rotatable bonds is 6. The van der Waals surface area contributed by atoms with Crippen LogP contribution in [0.25, 0.3) is 10.2 Å². The number of carbonyl (C=O) groups is 1. The van der Waals surface area contributed by atoms with Crippen molar-refractivity contribution in [3.05, 3.63) is 34.4 Å². The van der Waals surface area contributed by atoms with Crippen LogP contribution in [-0.4, -0.2) is 48.2 Å². The predicted octanol–water partition coefficient (Wildman–Crippen LogP) is 2.15. The van der Waals surface area contributed by atoms with Crippen LogP contribution in [0.1, 0.15) is 16.2 Å². The van der Waals surface area contributed by atoms with Crippen molar-refractivity contribution in [2.24, 2.45) is 12.0 Å². The van der Waals surface area contributed by atoms with Crippen molar-refractivity contribution in [3.8, 4) is 11.5 Å². The molecule has 2 aromatic heterocycles. The molecule has 0 unspecified atom stereocenters. The van der Waals surface area contributed by atoms with E-state index in [2.05, 4.69) is 10.1 Å². The summed E-state index contributed by atoms with van der Waals surface area (Å²) in [6, 6.07) is 5.40. The number of fused-ring (bicyclic) bond motifs is 1. The minimum absolute atomic E-state index is 0.310. The molecule has 1 aromatic carbocycles. The SMILES string of the molecule is COCCn1c(=NC(=O)c2cc(C)n(C)n2)sc2c(OC)ccc(OC)c21. The van der Waals surface area contributed by atoms with E-state index in [1.54, 1.807) is 39.1 Å². The second kappa shape index (κ2) is 7.93. The van der Waals surface area contributed by atoms with Gasteiger partial charge in [-0.2, -0.15) is 10.1 Å². The van der Waals surface area contributed by atoms with Gasteiger partial charge in [-0.3, -0.25) is 9.48 Å². The fourth-order valence-electron chi connectivity index (χ4n) is 2.74. The van der Waals surface area contributed by atoms with E-state index in [1.165, 1.54) is 11.3 Å². The molecular formula is C18H22N4O4S. The number of benzene rings is 1. The normalized spacial score (nSPS) is 12.0. The molecule has 3 rings (SSSR count). The molecule has 144 valence electrons. The van der Waals surface area contributed by atoms with Gasteiger partial charge >= 0.3 is 0 Å². The fourth-order valence-corrected chi connectivity index (χ4v) is 3.90. The smallest absolute Gasteiger partial charge is 0.300 e. The number of ether oxygens (including phenoxy) is 3. The molecule has 0 aliphatic heterocycles. The first kappa shape index (κ1) is 19.1. The molecule has 0 bridgehead atoms. The van der Waals surface area contributed by atoms with Gasteiger partial charge in [0.05, 0.1) is 20.8 Å². The number of aromatic nitrogens is 3.